The summed E-state index contributed by atoms with van der Waals surface area (Å²) in [5.41, 5.74) is 0.581. The minimum Gasteiger partial charge on any atom is -0.369 e. The summed E-state index contributed by atoms with van der Waals surface area (Å²) in [6, 6.07) is -0.357. The number of nitrogens with zero attached hydrogens (tertiary/aromatic N) is 3. The van der Waals surface area contributed by atoms with Crippen molar-refractivity contribution < 1.29 is 9.53 Å². The number of aryl methyl sites for hydroxylation is 1. The van der Waals surface area contributed by atoms with E-state index >= 15 is 0 Å². The Hall–Kier alpha value is -1.11. The molecule has 2 rings (SSSR count). The molecule has 1 aliphatic heterocycles. The fraction of sp³-hybridized carbons (Fsp3) is 0.714. The highest BCUT2D eigenvalue weighted by Crippen LogP contribution is 2.24. The van der Waals surface area contributed by atoms with Gasteiger partial charge in [-0.3, -0.25) is 9.48 Å². The summed E-state index contributed by atoms with van der Waals surface area (Å²) in [4.78, 5) is 14.6. The maximum absolute atomic E-state index is 12.7. The van der Waals surface area contributed by atoms with Gasteiger partial charge in [0.2, 0.25) is 5.91 Å². The number of morpholine rings is 1. The van der Waals surface area contributed by atoms with E-state index in [-0.39, 0.29) is 36.1 Å². The number of carbonyl (C=O) groups excluding carboxylic acids is 1. The zero-order valence-electron chi connectivity index (χ0n) is 13.3. The van der Waals surface area contributed by atoms with Gasteiger partial charge in [-0.25, -0.2) is 0 Å². The summed E-state index contributed by atoms with van der Waals surface area (Å²) in [5.74, 6) is 0.0729. The molecule has 120 valence electrons. The van der Waals surface area contributed by atoms with E-state index in [2.05, 4.69) is 10.4 Å². The number of nitrogens with one attached hydrogen (secondary N) is 1. The third-order valence-electron chi connectivity index (χ3n) is 3.47. The number of rotatable bonds is 3. The van der Waals surface area contributed by atoms with Crippen molar-refractivity contribution in [1.29, 1.82) is 0 Å². The first-order valence-electron chi connectivity index (χ1n) is 6.95. The van der Waals surface area contributed by atoms with Gasteiger partial charge in [-0.2, -0.15) is 5.10 Å². The van der Waals surface area contributed by atoms with Crippen molar-refractivity contribution in [2.75, 3.05) is 20.1 Å². The predicted octanol–water partition coefficient (Wildman–Crippen LogP) is 1.13. The van der Waals surface area contributed by atoms with Crippen molar-refractivity contribution in [3.8, 4) is 0 Å². The molecule has 1 saturated heterocycles. The Morgan fingerprint density at radius 1 is 1.57 bits per heavy atom. The Balaban J connectivity index is 0.00000220. The Morgan fingerprint density at radius 2 is 2.24 bits per heavy atom. The smallest absolute Gasteiger partial charge is 0.244 e. The Bertz CT molecular complexity index is 489. The van der Waals surface area contributed by atoms with Crippen LogP contribution < -0.4 is 5.32 Å². The molecule has 6 nitrogen and oxygen atoms in total. The normalized spacial score (nSPS) is 22.5. The number of amides is 1. The fourth-order valence-electron chi connectivity index (χ4n) is 2.83. The molecule has 0 aliphatic carbocycles. The lowest BCUT2D eigenvalue weighted by atomic mass is 10.0. The quantitative estimate of drug-likeness (QED) is 0.908. The van der Waals surface area contributed by atoms with E-state index in [4.69, 9.17) is 4.74 Å². The lowest BCUT2D eigenvalue weighted by Crippen LogP contribution is -2.55. The van der Waals surface area contributed by atoms with Gasteiger partial charge in [-0.05, 0) is 27.8 Å². The van der Waals surface area contributed by atoms with E-state index in [9.17, 15) is 4.79 Å². The lowest BCUT2D eigenvalue weighted by Gasteiger charge is -2.42. The SMILES string of the molecule is CNC(C(=O)N1CC(C)OC(C)(C)C1)c1cnn(C)c1.Cl. The first-order chi connectivity index (χ1) is 9.32. The van der Waals surface area contributed by atoms with Gasteiger partial charge in [0.15, 0.2) is 0 Å². The molecule has 7 heteroatoms. The highest BCUT2D eigenvalue weighted by Gasteiger charge is 2.36. The topological polar surface area (TPSA) is 59.4 Å². The summed E-state index contributed by atoms with van der Waals surface area (Å²) in [5, 5.41) is 7.22. The second-order valence-corrected chi connectivity index (χ2v) is 6.08. The molecule has 1 aromatic rings. The molecule has 2 unspecified atom stereocenters. The molecule has 0 radical (unpaired) electrons. The molecule has 0 bridgehead atoms. The highest BCUT2D eigenvalue weighted by atomic mass is 35.5. The number of likely N-dealkylation sites (N-methyl/N-ethyl adjacent to an activating group) is 1. The second-order valence-electron chi connectivity index (χ2n) is 6.08. The zero-order valence-corrected chi connectivity index (χ0v) is 14.1. The number of aromatic nitrogens is 2. The molecular weight excluding hydrogens is 292 g/mol. The Labute approximate surface area is 132 Å². The van der Waals surface area contributed by atoms with Crippen molar-refractivity contribution in [3.63, 3.8) is 0 Å². The molecule has 1 aromatic heterocycles. The monoisotopic (exact) mass is 316 g/mol. The minimum absolute atomic E-state index is 0. The van der Waals surface area contributed by atoms with Crippen LogP contribution in [-0.4, -0.2) is 52.4 Å². The van der Waals surface area contributed by atoms with Crippen LogP contribution >= 0.6 is 12.4 Å². The molecule has 2 atom stereocenters. The van der Waals surface area contributed by atoms with Crippen molar-refractivity contribution in [1.82, 2.24) is 20.0 Å². The van der Waals surface area contributed by atoms with E-state index in [1.807, 2.05) is 38.9 Å². The number of ether oxygens (including phenoxy) is 1. The van der Waals surface area contributed by atoms with Gasteiger partial charge in [0, 0.05) is 31.9 Å². The maximum Gasteiger partial charge on any atom is 0.244 e. The predicted molar refractivity (Wildman–Crippen MR) is 83.5 cm³/mol. The van der Waals surface area contributed by atoms with E-state index in [0.29, 0.717) is 13.1 Å². The van der Waals surface area contributed by atoms with Crippen LogP contribution in [0.15, 0.2) is 12.4 Å². The third kappa shape index (κ3) is 4.18. The fourth-order valence-corrected chi connectivity index (χ4v) is 2.83. The van der Waals surface area contributed by atoms with Crippen LogP contribution in [0.5, 0.6) is 0 Å². The molecule has 0 saturated carbocycles. The minimum atomic E-state index is -0.357. The summed E-state index contributed by atoms with van der Waals surface area (Å²) >= 11 is 0. The summed E-state index contributed by atoms with van der Waals surface area (Å²) in [6.07, 6.45) is 3.65. The second kappa shape index (κ2) is 6.77. The van der Waals surface area contributed by atoms with Crippen LogP contribution in [0.3, 0.4) is 0 Å². The first kappa shape index (κ1) is 17.9. The molecule has 0 aromatic carbocycles. The summed E-state index contributed by atoms with van der Waals surface area (Å²) < 4.78 is 7.55. The largest absolute Gasteiger partial charge is 0.369 e. The molecule has 1 N–H and O–H groups in total. The maximum atomic E-state index is 12.7. The van der Waals surface area contributed by atoms with E-state index < -0.39 is 0 Å². The van der Waals surface area contributed by atoms with E-state index in [1.54, 1.807) is 17.9 Å². The molecule has 1 aliphatic rings. The van der Waals surface area contributed by atoms with Crippen molar-refractivity contribution in [2.24, 2.45) is 7.05 Å². The Morgan fingerprint density at radius 3 is 2.71 bits per heavy atom. The molecular formula is C14H25ClN4O2. The van der Waals surface area contributed by atoms with Gasteiger partial charge in [0.25, 0.3) is 0 Å². The van der Waals surface area contributed by atoms with Crippen molar-refractivity contribution in [2.45, 2.75) is 38.5 Å². The van der Waals surface area contributed by atoms with Crippen LogP contribution in [0, 0.1) is 0 Å². The highest BCUT2D eigenvalue weighted by molar-refractivity contribution is 5.85. The first-order valence-corrected chi connectivity index (χ1v) is 6.95. The van der Waals surface area contributed by atoms with Gasteiger partial charge < -0.3 is 15.0 Å². The van der Waals surface area contributed by atoms with Crippen molar-refractivity contribution in [3.05, 3.63) is 18.0 Å². The molecule has 1 fully saturated rings. The molecule has 1 amide bonds. The van der Waals surface area contributed by atoms with Crippen LogP contribution in [0.2, 0.25) is 0 Å². The number of halogens is 1. The molecule has 0 spiro atoms. The number of hydrogen-bond acceptors (Lipinski definition) is 4. The van der Waals surface area contributed by atoms with Crippen LogP contribution in [0.4, 0.5) is 0 Å². The van der Waals surface area contributed by atoms with E-state index in [1.165, 1.54) is 0 Å². The van der Waals surface area contributed by atoms with Gasteiger partial charge >= 0.3 is 0 Å². The van der Waals surface area contributed by atoms with Crippen LogP contribution in [0.25, 0.3) is 0 Å². The van der Waals surface area contributed by atoms with Gasteiger partial charge in [-0.15, -0.1) is 12.4 Å². The van der Waals surface area contributed by atoms with Gasteiger partial charge in [0.1, 0.15) is 6.04 Å². The third-order valence-corrected chi connectivity index (χ3v) is 3.47. The molecule has 21 heavy (non-hydrogen) atoms. The van der Waals surface area contributed by atoms with Gasteiger partial charge in [0.05, 0.1) is 17.9 Å². The lowest BCUT2D eigenvalue weighted by molar-refractivity contribution is -0.160. The van der Waals surface area contributed by atoms with Crippen LogP contribution in [-0.2, 0) is 16.6 Å². The average molecular weight is 317 g/mol. The number of hydrogen-bond donors (Lipinski definition) is 1. The standard InChI is InChI=1S/C14H24N4O2.ClH/c1-10-7-18(9-14(2,3)20-10)13(19)12(15-4)11-6-16-17(5)8-11;/h6,8,10,12,15H,7,9H2,1-5H3;1H. The Kier molecular flexibility index (Phi) is 5.78. The summed E-state index contributed by atoms with van der Waals surface area (Å²) in [7, 11) is 3.64. The zero-order chi connectivity index (χ0) is 14.9. The average Bonchev–Trinajstić information content (AvgIpc) is 2.74. The van der Waals surface area contributed by atoms with Crippen molar-refractivity contribution >= 4 is 18.3 Å². The van der Waals surface area contributed by atoms with Gasteiger partial charge in [-0.1, -0.05) is 0 Å². The number of carbonyl (C=O) groups is 1. The van der Waals surface area contributed by atoms with E-state index in [0.717, 1.165) is 5.56 Å². The molecule has 2 heterocycles. The van der Waals surface area contributed by atoms with Crippen LogP contribution in [0.1, 0.15) is 32.4 Å². The summed E-state index contributed by atoms with van der Waals surface area (Å²) in [6.45, 7) is 7.26.